The van der Waals surface area contributed by atoms with Gasteiger partial charge < -0.3 is 5.73 Å². The van der Waals surface area contributed by atoms with Crippen molar-refractivity contribution in [3.8, 4) is 0 Å². The Hall–Kier alpha value is -1.95. The molecular weight excluding hydrogens is 194 g/mol. The van der Waals surface area contributed by atoms with E-state index in [1.165, 1.54) is 6.08 Å². The standard InChI is InChI=1S/C9H12N5O/c1-13-6-7(5-11-13)14(2)4-3-8(15)9(10)12-14/h3-6H,1-2H3,(H2,10,12)/q+1. The number of nitrogens with zero attached hydrogens (tertiary/aromatic N) is 4. The molecule has 1 aliphatic heterocycles. The van der Waals surface area contributed by atoms with Crippen LogP contribution in [0.1, 0.15) is 0 Å². The van der Waals surface area contributed by atoms with Crippen molar-refractivity contribution in [2.24, 2.45) is 17.9 Å². The molecule has 1 unspecified atom stereocenters. The molecular formula is C9H12N5O+. The minimum absolute atomic E-state index is 0.0175. The molecule has 0 aliphatic carbocycles. The van der Waals surface area contributed by atoms with Crippen LogP contribution in [-0.2, 0) is 11.8 Å². The summed E-state index contributed by atoms with van der Waals surface area (Å²) in [4.78, 5) is 11.1. The second-order valence-electron chi connectivity index (χ2n) is 3.56. The number of nitrogens with two attached hydrogens (primary N) is 1. The first-order valence-electron chi connectivity index (χ1n) is 4.46. The van der Waals surface area contributed by atoms with Gasteiger partial charge in [-0.15, -0.1) is 4.59 Å². The fourth-order valence-electron chi connectivity index (χ4n) is 1.39. The highest BCUT2D eigenvalue weighted by molar-refractivity contribution is 6.43. The molecule has 0 amide bonds. The van der Waals surface area contributed by atoms with Gasteiger partial charge in [0.1, 0.15) is 19.4 Å². The number of ketones is 1. The average molecular weight is 206 g/mol. The third-order valence-corrected chi connectivity index (χ3v) is 2.30. The van der Waals surface area contributed by atoms with Crippen LogP contribution in [0.2, 0.25) is 0 Å². The van der Waals surface area contributed by atoms with Gasteiger partial charge in [-0.2, -0.15) is 5.10 Å². The predicted octanol–water partition coefficient (Wildman–Crippen LogP) is -0.274. The molecule has 1 aromatic rings. The van der Waals surface area contributed by atoms with E-state index in [4.69, 9.17) is 5.73 Å². The molecule has 0 saturated heterocycles. The topological polar surface area (TPSA) is 73.3 Å². The van der Waals surface area contributed by atoms with Gasteiger partial charge in [0.15, 0.2) is 0 Å². The number of aryl methyl sites for hydroxylation is 1. The Bertz CT molecular complexity index is 473. The summed E-state index contributed by atoms with van der Waals surface area (Å²) in [6.07, 6.45) is 6.62. The van der Waals surface area contributed by atoms with Gasteiger partial charge in [-0.1, -0.05) is 5.10 Å². The van der Waals surface area contributed by atoms with Crippen molar-refractivity contribution >= 4 is 17.3 Å². The SMILES string of the molecule is Cn1cc([N+]2(C)C=CC(=O)C(N)=N2)cn1. The molecule has 2 heterocycles. The zero-order valence-electron chi connectivity index (χ0n) is 8.58. The second-order valence-corrected chi connectivity index (χ2v) is 3.56. The lowest BCUT2D eigenvalue weighted by molar-refractivity contribution is -0.109. The number of carbonyl (C=O) groups is 1. The molecule has 2 rings (SSSR count). The Morgan fingerprint density at radius 3 is 2.80 bits per heavy atom. The lowest BCUT2D eigenvalue weighted by atomic mass is 10.3. The molecule has 78 valence electrons. The van der Waals surface area contributed by atoms with E-state index in [0.29, 0.717) is 0 Å². The van der Waals surface area contributed by atoms with Gasteiger partial charge >= 0.3 is 0 Å². The van der Waals surface area contributed by atoms with Crippen LogP contribution >= 0.6 is 0 Å². The fraction of sp³-hybridized carbons (Fsp3) is 0.222. The van der Waals surface area contributed by atoms with Crippen molar-refractivity contribution in [3.05, 3.63) is 24.7 Å². The first-order valence-corrected chi connectivity index (χ1v) is 4.46. The molecule has 0 bridgehead atoms. The molecule has 1 atom stereocenters. The highest BCUT2D eigenvalue weighted by Crippen LogP contribution is 2.23. The van der Waals surface area contributed by atoms with Gasteiger partial charge in [0.2, 0.25) is 17.3 Å². The third kappa shape index (κ3) is 1.55. The molecule has 1 aliphatic rings. The van der Waals surface area contributed by atoms with Gasteiger partial charge in [-0.05, 0) is 0 Å². The summed E-state index contributed by atoms with van der Waals surface area (Å²) < 4.78 is 1.79. The number of hydrogen-bond acceptors (Lipinski definition) is 4. The van der Waals surface area contributed by atoms with Crippen LogP contribution in [0.4, 0.5) is 5.69 Å². The van der Waals surface area contributed by atoms with Crippen LogP contribution in [0.3, 0.4) is 0 Å². The summed E-state index contributed by atoms with van der Waals surface area (Å²) in [6.45, 7) is 0. The van der Waals surface area contributed by atoms with E-state index >= 15 is 0 Å². The number of quaternary nitrogens is 1. The minimum Gasteiger partial charge on any atom is -0.376 e. The highest BCUT2D eigenvalue weighted by atomic mass is 16.1. The van der Waals surface area contributed by atoms with E-state index in [-0.39, 0.29) is 16.2 Å². The quantitative estimate of drug-likeness (QED) is 0.642. The third-order valence-electron chi connectivity index (χ3n) is 2.30. The van der Waals surface area contributed by atoms with E-state index in [1.807, 2.05) is 20.3 Å². The Labute approximate surface area is 86.9 Å². The lowest BCUT2D eigenvalue weighted by Gasteiger charge is -2.22. The minimum atomic E-state index is -0.255. The molecule has 0 saturated carbocycles. The average Bonchev–Trinajstić information content (AvgIpc) is 2.60. The van der Waals surface area contributed by atoms with E-state index in [0.717, 1.165) is 5.69 Å². The van der Waals surface area contributed by atoms with Crippen molar-refractivity contribution in [3.63, 3.8) is 0 Å². The Morgan fingerprint density at radius 1 is 1.53 bits per heavy atom. The number of rotatable bonds is 1. The van der Waals surface area contributed by atoms with E-state index in [9.17, 15) is 4.79 Å². The zero-order valence-corrected chi connectivity index (χ0v) is 8.58. The van der Waals surface area contributed by atoms with Crippen molar-refractivity contribution < 1.29 is 4.79 Å². The van der Waals surface area contributed by atoms with Gasteiger partial charge in [0.05, 0.1) is 6.20 Å². The van der Waals surface area contributed by atoms with Crippen LogP contribution in [-0.4, -0.2) is 28.4 Å². The Kier molecular flexibility index (Phi) is 1.94. The monoisotopic (exact) mass is 206 g/mol. The molecule has 6 nitrogen and oxygen atoms in total. The molecule has 15 heavy (non-hydrogen) atoms. The van der Waals surface area contributed by atoms with Gasteiger partial charge in [-0.25, -0.2) is 0 Å². The smallest absolute Gasteiger partial charge is 0.231 e. The van der Waals surface area contributed by atoms with E-state index < -0.39 is 0 Å². The summed E-state index contributed by atoms with van der Waals surface area (Å²) in [5.74, 6) is -0.238. The summed E-state index contributed by atoms with van der Waals surface area (Å²) in [5, 5.41) is 8.17. The summed E-state index contributed by atoms with van der Waals surface area (Å²) in [7, 11) is 3.65. The Balaban J connectivity index is 2.44. The molecule has 0 aromatic carbocycles. The molecule has 2 N–H and O–H groups in total. The predicted molar refractivity (Wildman–Crippen MR) is 56.7 cm³/mol. The number of carbonyl (C=O) groups excluding carboxylic acids is 1. The summed E-state index contributed by atoms with van der Waals surface area (Å²) in [5.41, 5.74) is 6.36. The Morgan fingerprint density at radius 2 is 2.27 bits per heavy atom. The molecule has 1 aromatic heterocycles. The molecule has 0 fully saturated rings. The van der Waals surface area contributed by atoms with E-state index in [2.05, 4.69) is 10.2 Å². The van der Waals surface area contributed by atoms with Crippen molar-refractivity contribution in [2.75, 3.05) is 7.05 Å². The van der Waals surface area contributed by atoms with Crippen molar-refractivity contribution in [2.45, 2.75) is 0 Å². The van der Waals surface area contributed by atoms with Crippen molar-refractivity contribution in [1.29, 1.82) is 0 Å². The first kappa shape index (κ1) is 9.60. The summed E-state index contributed by atoms with van der Waals surface area (Å²) in [6, 6.07) is 0. The maximum absolute atomic E-state index is 11.1. The van der Waals surface area contributed by atoms with Crippen LogP contribution < -0.4 is 10.3 Å². The molecule has 6 heteroatoms. The van der Waals surface area contributed by atoms with Gasteiger partial charge in [-0.3, -0.25) is 9.48 Å². The van der Waals surface area contributed by atoms with Crippen LogP contribution in [0.15, 0.2) is 29.8 Å². The van der Waals surface area contributed by atoms with Crippen LogP contribution in [0, 0.1) is 0 Å². The second kappa shape index (κ2) is 3.03. The first-order chi connectivity index (χ1) is 7.01. The van der Waals surface area contributed by atoms with E-state index in [1.54, 1.807) is 17.1 Å². The van der Waals surface area contributed by atoms with Crippen LogP contribution in [0.5, 0.6) is 0 Å². The molecule has 0 spiro atoms. The molecule has 0 radical (unpaired) electrons. The normalized spacial score (nSPS) is 25.5. The number of hydrogen-bond donors (Lipinski definition) is 1. The number of amidine groups is 1. The maximum Gasteiger partial charge on any atom is 0.231 e. The summed E-state index contributed by atoms with van der Waals surface area (Å²) >= 11 is 0. The van der Waals surface area contributed by atoms with Crippen LogP contribution in [0.25, 0.3) is 0 Å². The van der Waals surface area contributed by atoms with Gasteiger partial charge in [0, 0.05) is 13.1 Å². The number of aromatic nitrogens is 2. The zero-order chi connectivity index (χ0) is 11.1. The lowest BCUT2D eigenvalue weighted by Crippen LogP contribution is -2.41. The van der Waals surface area contributed by atoms with Crippen molar-refractivity contribution in [1.82, 2.24) is 14.4 Å². The van der Waals surface area contributed by atoms with Gasteiger partial charge in [0.25, 0.3) is 0 Å². The highest BCUT2D eigenvalue weighted by Gasteiger charge is 2.30. The largest absolute Gasteiger partial charge is 0.376 e. The fourth-order valence-corrected chi connectivity index (χ4v) is 1.39. The maximum atomic E-state index is 11.1.